The molecule has 0 saturated carbocycles. The molecule has 1 amide bonds. The van der Waals surface area contributed by atoms with Gasteiger partial charge < -0.3 is 26.6 Å². The number of alkyl halides is 3. The van der Waals surface area contributed by atoms with E-state index in [9.17, 15) is 23.1 Å². The lowest BCUT2D eigenvalue weighted by Gasteiger charge is -2.18. The third kappa shape index (κ3) is 6.23. The van der Waals surface area contributed by atoms with Crippen LogP contribution in [-0.2, 0) is 17.6 Å². The molecule has 0 aliphatic heterocycles. The predicted molar refractivity (Wildman–Crippen MR) is 134 cm³/mol. The number of phenolic OH excluding ortho intramolecular Hbond substituents is 1. The van der Waals surface area contributed by atoms with Gasteiger partial charge >= 0.3 is 6.18 Å². The normalized spacial score (nSPS) is 12.8. The van der Waals surface area contributed by atoms with Gasteiger partial charge in [-0.15, -0.1) is 0 Å². The molecule has 0 heterocycles. The number of nitrogens with one attached hydrogen (secondary N) is 1. The Morgan fingerprint density at radius 1 is 1.14 bits per heavy atom. The average Bonchev–Trinajstić information content (AvgIpc) is 2.82. The van der Waals surface area contributed by atoms with E-state index in [4.69, 9.17) is 39.4 Å². The van der Waals surface area contributed by atoms with Crippen LogP contribution < -0.4 is 21.5 Å². The summed E-state index contributed by atoms with van der Waals surface area (Å²) in [6.45, 7) is 0.0372. The molecule has 36 heavy (non-hydrogen) atoms. The van der Waals surface area contributed by atoms with Crippen molar-refractivity contribution in [1.82, 2.24) is 5.32 Å². The van der Waals surface area contributed by atoms with E-state index in [0.717, 1.165) is 17.7 Å². The first-order valence-corrected chi connectivity index (χ1v) is 11.2. The van der Waals surface area contributed by atoms with Gasteiger partial charge in [0.15, 0.2) is 0 Å². The molecule has 0 aliphatic rings. The van der Waals surface area contributed by atoms with Crippen molar-refractivity contribution in [1.29, 1.82) is 0 Å². The molecular formula is C25H22Cl2F3N3O3. The van der Waals surface area contributed by atoms with Crippen molar-refractivity contribution >= 4 is 34.8 Å². The maximum Gasteiger partial charge on any atom is 0.417 e. The number of halogens is 5. The number of aromatic hydroxyl groups is 1. The zero-order valence-electron chi connectivity index (χ0n) is 18.9. The molecule has 0 aromatic heterocycles. The Kier molecular flexibility index (Phi) is 8.39. The number of carbonyl (C=O) groups is 1. The lowest BCUT2D eigenvalue weighted by Crippen LogP contribution is -2.37. The number of carbonyl (C=O) groups excluding carboxylic acids is 1. The first kappa shape index (κ1) is 27.2. The van der Waals surface area contributed by atoms with Crippen molar-refractivity contribution < 1.29 is 27.8 Å². The number of ether oxygens (including phenoxy) is 1. The molecular weight excluding hydrogens is 518 g/mol. The van der Waals surface area contributed by atoms with Crippen LogP contribution in [0.2, 0.25) is 10.0 Å². The molecule has 0 spiro atoms. The van der Waals surface area contributed by atoms with Gasteiger partial charge in [0.2, 0.25) is 5.91 Å². The monoisotopic (exact) mass is 539 g/mol. The number of amides is 1. The van der Waals surface area contributed by atoms with Crippen LogP contribution in [-0.4, -0.2) is 24.1 Å². The van der Waals surface area contributed by atoms with Crippen molar-refractivity contribution in [3.8, 4) is 22.6 Å². The topological polar surface area (TPSA) is 111 Å². The quantitative estimate of drug-likeness (QED) is 0.324. The molecule has 0 fully saturated rings. The first-order valence-electron chi connectivity index (χ1n) is 10.5. The highest BCUT2D eigenvalue weighted by Gasteiger charge is 2.34. The standard InChI is InChI=1S/C25H22Cl2F3N3O3/c1-33-24(35)20(32)11-19(31)16-7-9-21(36-12-13-2-5-15(26)6-3-13)22(23(16)34)14-4-8-18(27)17(10-14)25(28,29)30/h2-11,20,34H,12,31-32H2,1H3,(H,33,35)/b19-11-. The van der Waals surface area contributed by atoms with Crippen LogP contribution in [0, 0.1) is 0 Å². The van der Waals surface area contributed by atoms with E-state index in [1.807, 2.05) is 0 Å². The van der Waals surface area contributed by atoms with Gasteiger partial charge in [0.05, 0.1) is 16.1 Å². The lowest BCUT2D eigenvalue weighted by molar-refractivity contribution is -0.137. The van der Waals surface area contributed by atoms with Gasteiger partial charge in [-0.3, -0.25) is 4.79 Å². The van der Waals surface area contributed by atoms with E-state index in [2.05, 4.69) is 5.32 Å². The third-order valence-electron chi connectivity index (χ3n) is 5.23. The fourth-order valence-corrected chi connectivity index (χ4v) is 3.72. The molecule has 11 heteroatoms. The van der Waals surface area contributed by atoms with Crippen molar-refractivity contribution in [2.75, 3.05) is 7.05 Å². The summed E-state index contributed by atoms with van der Waals surface area (Å²) in [6.07, 6.45) is -3.52. The number of rotatable bonds is 7. The van der Waals surface area contributed by atoms with Gasteiger partial charge in [-0.2, -0.15) is 13.2 Å². The smallest absolute Gasteiger partial charge is 0.417 e. The van der Waals surface area contributed by atoms with Crippen molar-refractivity contribution in [2.24, 2.45) is 11.5 Å². The lowest BCUT2D eigenvalue weighted by atomic mass is 9.96. The molecule has 0 radical (unpaired) electrons. The molecule has 1 unspecified atom stereocenters. The Labute approximate surface area is 215 Å². The Morgan fingerprint density at radius 2 is 1.81 bits per heavy atom. The van der Waals surface area contributed by atoms with Crippen LogP contribution >= 0.6 is 23.2 Å². The van der Waals surface area contributed by atoms with E-state index < -0.39 is 34.5 Å². The molecule has 0 bridgehead atoms. The van der Waals surface area contributed by atoms with Gasteiger partial charge in [-0.25, -0.2) is 0 Å². The molecule has 1 atom stereocenters. The molecule has 6 nitrogen and oxygen atoms in total. The summed E-state index contributed by atoms with van der Waals surface area (Å²) in [7, 11) is 1.40. The minimum Gasteiger partial charge on any atom is -0.506 e. The van der Waals surface area contributed by atoms with Crippen LogP contribution in [0.4, 0.5) is 13.2 Å². The largest absolute Gasteiger partial charge is 0.506 e. The predicted octanol–water partition coefficient (Wildman–Crippen LogP) is 5.34. The minimum absolute atomic E-state index is 0.0134. The number of benzene rings is 3. The van der Waals surface area contributed by atoms with Crippen molar-refractivity contribution in [3.63, 3.8) is 0 Å². The number of likely N-dealkylation sites (N-methyl/N-ethyl adjacent to an activating group) is 1. The SMILES string of the molecule is CNC(=O)C(N)/C=C(\N)c1ccc(OCc2ccc(Cl)cc2)c(-c2ccc(Cl)c(C(F)(F)F)c2)c1O. The number of phenols is 1. The van der Waals surface area contributed by atoms with Crippen molar-refractivity contribution in [2.45, 2.75) is 18.8 Å². The fourth-order valence-electron chi connectivity index (χ4n) is 3.37. The Bertz CT molecular complexity index is 1300. The van der Waals surface area contributed by atoms with E-state index >= 15 is 0 Å². The second kappa shape index (κ2) is 11.1. The number of hydrogen-bond donors (Lipinski definition) is 4. The van der Waals surface area contributed by atoms with Crippen LogP contribution in [0.15, 0.2) is 60.7 Å². The molecule has 3 rings (SSSR count). The highest BCUT2D eigenvalue weighted by atomic mass is 35.5. The summed E-state index contributed by atoms with van der Waals surface area (Å²) in [5, 5.41) is 13.5. The summed E-state index contributed by atoms with van der Waals surface area (Å²) in [6, 6.07) is 11.7. The summed E-state index contributed by atoms with van der Waals surface area (Å²) < 4.78 is 46.5. The van der Waals surface area contributed by atoms with E-state index in [1.54, 1.807) is 24.3 Å². The summed E-state index contributed by atoms with van der Waals surface area (Å²) in [4.78, 5) is 11.8. The highest BCUT2D eigenvalue weighted by molar-refractivity contribution is 6.31. The molecule has 0 aliphatic carbocycles. The minimum atomic E-state index is -4.73. The highest BCUT2D eigenvalue weighted by Crippen LogP contribution is 2.45. The van der Waals surface area contributed by atoms with Crippen molar-refractivity contribution in [3.05, 3.63) is 87.4 Å². The zero-order chi connectivity index (χ0) is 26.6. The second-order valence-electron chi connectivity index (χ2n) is 7.70. The van der Waals surface area contributed by atoms with Gasteiger partial charge in [0.1, 0.15) is 24.1 Å². The summed E-state index contributed by atoms with van der Waals surface area (Å²) in [5.41, 5.74) is 11.4. The average molecular weight is 540 g/mol. The van der Waals surface area contributed by atoms with Gasteiger partial charge in [-0.1, -0.05) is 41.4 Å². The van der Waals surface area contributed by atoms with Gasteiger partial charge in [0, 0.05) is 23.3 Å². The van der Waals surface area contributed by atoms with E-state index in [-0.39, 0.29) is 34.7 Å². The van der Waals surface area contributed by atoms with Crippen LogP contribution in [0.25, 0.3) is 16.8 Å². The Balaban J connectivity index is 2.13. The van der Waals surface area contributed by atoms with E-state index in [1.165, 1.54) is 31.3 Å². The maximum absolute atomic E-state index is 13.5. The second-order valence-corrected chi connectivity index (χ2v) is 8.55. The van der Waals surface area contributed by atoms with E-state index in [0.29, 0.717) is 5.02 Å². The zero-order valence-corrected chi connectivity index (χ0v) is 20.4. The first-order chi connectivity index (χ1) is 16.9. The molecule has 6 N–H and O–H groups in total. The third-order valence-corrected chi connectivity index (χ3v) is 5.81. The van der Waals surface area contributed by atoms with Crippen LogP contribution in [0.5, 0.6) is 11.5 Å². The summed E-state index contributed by atoms with van der Waals surface area (Å²) >= 11 is 11.7. The maximum atomic E-state index is 13.5. The number of nitrogens with two attached hydrogens (primary N) is 2. The molecule has 3 aromatic carbocycles. The Hall–Kier alpha value is -3.40. The molecule has 0 saturated heterocycles. The number of hydrogen-bond acceptors (Lipinski definition) is 5. The molecule has 3 aromatic rings. The van der Waals surface area contributed by atoms with Gasteiger partial charge in [0.25, 0.3) is 0 Å². The van der Waals surface area contributed by atoms with Crippen LogP contribution in [0.3, 0.4) is 0 Å². The fraction of sp³-hybridized carbons (Fsp3) is 0.160. The summed E-state index contributed by atoms with van der Waals surface area (Å²) in [5.74, 6) is -0.893. The van der Waals surface area contributed by atoms with Gasteiger partial charge in [-0.05, 0) is 53.6 Å². The molecule has 190 valence electrons. The Morgan fingerprint density at radius 3 is 2.42 bits per heavy atom. The van der Waals surface area contributed by atoms with Crippen LogP contribution in [0.1, 0.15) is 16.7 Å².